The van der Waals surface area contributed by atoms with E-state index in [-0.39, 0.29) is 21.3 Å². The Hall–Kier alpha value is -3.19. The number of carbonyl (C=O) groups excluding carboxylic acids is 1. The maximum absolute atomic E-state index is 12.8. The van der Waals surface area contributed by atoms with E-state index in [1.807, 2.05) is 0 Å². The van der Waals surface area contributed by atoms with Crippen molar-refractivity contribution >= 4 is 25.6 Å². The highest BCUT2D eigenvalue weighted by Crippen LogP contribution is 2.20. The van der Waals surface area contributed by atoms with E-state index in [0.29, 0.717) is 5.82 Å². The van der Waals surface area contributed by atoms with Gasteiger partial charge in [-0.15, -0.1) is 0 Å². The third kappa shape index (κ3) is 4.68. The van der Waals surface area contributed by atoms with Crippen LogP contribution in [-0.4, -0.2) is 60.0 Å². The van der Waals surface area contributed by atoms with Gasteiger partial charge in [-0.3, -0.25) is 4.79 Å². The average molecular weight is 451 g/mol. The third-order valence-electron chi connectivity index (χ3n) is 4.05. The van der Waals surface area contributed by atoms with E-state index in [2.05, 4.69) is 25.4 Å². The first-order valence-electron chi connectivity index (χ1n) is 8.50. The topological polar surface area (TPSA) is 154 Å². The Morgan fingerprint density at radius 2 is 1.53 bits per heavy atom. The molecule has 1 atom stereocenters. The summed E-state index contributed by atoms with van der Waals surface area (Å²) in [6.45, 7) is 1.64. The molecule has 0 aliphatic heterocycles. The molecule has 0 unspecified atom stereocenters. The molecule has 11 nitrogen and oxygen atoms in total. The number of aromatic nitrogens is 5. The Kier molecular flexibility index (Phi) is 5.67. The fourth-order valence-electron chi connectivity index (χ4n) is 2.58. The molecule has 3 rings (SSSR count). The minimum absolute atomic E-state index is 0.118. The van der Waals surface area contributed by atoms with Crippen LogP contribution in [0.5, 0.6) is 0 Å². The SMILES string of the molecule is C[C@@H](NC(=O)c1cc(S(C)(=O)=O)cc(S(C)(=O)=O)c1)c1ncnn1-c1ncccn1. The normalized spacial score (nSPS) is 13.0. The van der Waals surface area contributed by atoms with Gasteiger partial charge in [0.2, 0.25) is 0 Å². The summed E-state index contributed by atoms with van der Waals surface area (Å²) in [4.78, 5) is 24.5. The van der Waals surface area contributed by atoms with E-state index in [9.17, 15) is 21.6 Å². The molecule has 13 heteroatoms. The van der Waals surface area contributed by atoms with Crippen molar-refractivity contribution in [2.75, 3.05) is 12.5 Å². The number of carbonyl (C=O) groups is 1. The second kappa shape index (κ2) is 7.91. The fraction of sp³-hybridized carbons (Fsp3) is 0.235. The van der Waals surface area contributed by atoms with Crippen LogP contribution < -0.4 is 5.32 Å². The van der Waals surface area contributed by atoms with E-state index in [4.69, 9.17) is 0 Å². The van der Waals surface area contributed by atoms with Gasteiger partial charge in [0.1, 0.15) is 6.33 Å². The standard InChI is InChI=1S/C17H18N6O5S2/c1-11(15-20-10-21-23(15)17-18-5-4-6-19-17)22-16(24)12-7-13(29(2,25)26)9-14(8-12)30(3,27)28/h4-11H,1-3H3,(H,22,24)/t11-/m1/s1. The highest BCUT2D eigenvalue weighted by molar-refractivity contribution is 7.91. The lowest BCUT2D eigenvalue weighted by atomic mass is 10.2. The summed E-state index contributed by atoms with van der Waals surface area (Å²) in [5.41, 5.74) is -0.118. The molecule has 30 heavy (non-hydrogen) atoms. The molecule has 0 aliphatic carbocycles. The zero-order valence-electron chi connectivity index (χ0n) is 16.2. The highest BCUT2D eigenvalue weighted by atomic mass is 32.2. The largest absolute Gasteiger partial charge is 0.342 e. The Labute approximate surface area is 173 Å². The van der Waals surface area contributed by atoms with Crippen LogP contribution in [-0.2, 0) is 19.7 Å². The van der Waals surface area contributed by atoms with Crippen LogP contribution in [0.15, 0.2) is 52.8 Å². The average Bonchev–Trinajstić information content (AvgIpc) is 3.17. The molecule has 1 amide bonds. The van der Waals surface area contributed by atoms with Crippen LogP contribution in [0, 0.1) is 0 Å². The van der Waals surface area contributed by atoms with Gasteiger partial charge < -0.3 is 5.32 Å². The molecule has 0 spiro atoms. The maximum Gasteiger partial charge on any atom is 0.252 e. The molecule has 2 heterocycles. The van der Waals surface area contributed by atoms with Gasteiger partial charge in [-0.1, -0.05) is 0 Å². The first kappa shape index (κ1) is 21.5. The molecule has 0 bridgehead atoms. The van der Waals surface area contributed by atoms with E-state index >= 15 is 0 Å². The second-order valence-electron chi connectivity index (χ2n) is 6.51. The van der Waals surface area contributed by atoms with Crippen molar-refractivity contribution in [1.29, 1.82) is 0 Å². The molecule has 158 valence electrons. The van der Waals surface area contributed by atoms with Gasteiger partial charge in [0, 0.05) is 30.5 Å². The number of hydrogen-bond donors (Lipinski definition) is 1. The summed E-state index contributed by atoms with van der Waals surface area (Å²) in [5, 5.41) is 6.71. The van der Waals surface area contributed by atoms with Crippen molar-refractivity contribution < 1.29 is 21.6 Å². The van der Waals surface area contributed by atoms with Crippen LogP contribution >= 0.6 is 0 Å². The van der Waals surface area contributed by atoms with Gasteiger partial charge in [0.15, 0.2) is 25.5 Å². The lowest BCUT2D eigenvalue weighted by Crippen LogP contribution is -2.29. The van der Waals surface area contributed by atoms with Crippen LogP contribution in [0.1, 0.15) is 29.1 Å². The summed E-state index contributed by atoms with van der Waals surface area (Å²) in [6.07, 6.45) is 6.20. The molecule has 1 aromatic carbocycles. The lowest BCUT2D eigenvalue weighted by molar-refractivity contribution is 0.0937. The molecule has 2 aromatic heterocycles. The summed E-state index contributed by atoms with van der Waals surface area (Å²) in [7, 11) is -7.49. The summed E-state index contributed by atoms with van der Waals surface area (Å²) < 4.78 is 49.1. The maximum atomic E-state index is 12.8. The van der Waals surface area contributed by atoms with Gasteiger partial charge in [0.25, 0.3) is 11.9 Å². The Balaban J connectivity index is 1.95. The summed E-state index contributed by atoms with van der Waals surface area (Å²) in [5.74, 6) is -0.0943. The van der Waals surface area contributed by atoms with Gasteiger partial charge in [0.05, 0.1) is 15.8 Å². The predicted octanol–water partition coefficient (Wildman–Crippen LogP) is 0.355. The van der Waals surface area contributed by atoms with Gasteiger partial charge in [-0.05, 0) is 31.2 Å². The monoisotopic (exact) mass is 450 g/mol. The fourth-order valence-corrected chi connectivity index (χ4v) is 4.01. The number of nitrogens with one attached hydrogen (secondary N) is 1. The minimum atomic E-state index is -3.74. The Morgan fingerprint density at radius 3 is 2.07 bits per heavy atom. The van der Waals surface area contributed by atoms with Crippen molar-refractivity contribution in [3.05, 3.63) is 54.4 Å². The van der Waals surface area contributed by atoms with Gasteiger partial charge in [-0.25, -0.2) is 31.8 Å². The summed E-state index contributed by atoms with van der Waals surface area (Å²) in [6, 6.07) is 4.23. The molecular formula is C17H18N6O5S2. The highest BCUT2D eigenvalue weighted by Gasteiger charge is 2.22. The van der Waals surface area contributed by atoms with Crippen LogP contribution in [0.25, 0.3) is 5.95 Å². The third-order valence-corrected chi connectivity index (χ3v) is 6.23. The van der Waals surface area contributed by atoms with Gasteiger partial charge >= 0.3 is 0 Å². The number of nitrogens with zero attached hydrogens (tertiary/aromatic N) is 5. The van der Waals surface area contributed by atoms with Crippen LogP contribution in [0.3, 0.4) is 0 Å². The van der Waals surface area contributed by atoms with Crippen molar-refractivity contribution in [1.82, 2.24) is 30.0 Å². The first-order valence-corrected chi connectivity index (χ1v) is 12.3. The molecule has 0 aliphatic rings. The van der Waals surface area contributed by atoms with E-state index in [0.717, 1.165) is 30.7 Å². The van der Waals surface area contributed by atoms with Crippen molar-refractivity contribution in [2.45, 2.75) is 22.8 Å². The van der Waals surface area contributed by atoms with Crippen molar-refractivity contribution in [2.24, 2.45) is 0 Å². The molecule has 0 radical (unpaired) electrons. The number of amides is 1. The zero-order chi connectivity index (χ0) is 22.1. The molecule has 0 fully saturated rings. The lowest BCUT2D eigenvalue weighted by Gasteiger charge is -2.15. The smallest absolute Gasteiger partial charge is 0.252 e. The number of hydrogen-bond acceptors (Lipinski definition) is 9. The number of benzene rings is 1. The molecule has 3 aromatic rings. The summed E-state index contributed by atoms with van der Waals surface area (Å²) >= 11 is 0. The molecule has 0 saturated heterocycles. The molecular weight excluding hydrogens is 432 g/mol. The Bertz CT molecular complexity index is 1250. The van der Waals surface area contributed by atoms with E-state index in [1.54, 1.807) is 13.0 Å². The molecule has 1 N–H and O–H groups in total. The van der Waals surface area contributed by atoms with E-state index in [1.165, 1.54) is 23.4 Å². The molecule has 0 saturated carbocycles. The first-order chi connectivity index (χ1) is 14.0. The predicted molar refractivity (Wildman–Crippen MR) is 105 cm³/mol. The van der Waals surface area contributed by atoms with Crippen LogP contribution in [0.2, 0.25) is 0 Å². The van der Waals surface area contributed by atoms with Gasteiger partial charge in [-0.2, -0.15) is 9.78 Å². The number of rotatable bonds is 6. The van der Waals surface area contributed by atoms with Crippen LogP contribution in [0.4, 0.5) is 0 Å². The second-order valence-corrected chi connectivity index (χ2v) is 10.5. The minimum Gasteiger partial charge on any atom is -0.342 e. The van der Waals surface area contributed by atoms with Crippen molar-refractivity contribution in [3.63, 3.8) is 0 Å². The number of sulfone groups is 2. The Morgan fingerprint density at radius 1 is 0.967 bits per heavy atom. The van der Waals surface area contributed by atoms with E-state index < -0.39 is 31.6 Å². The quantitative estimate of drug-likeness (QED) is 0.560. The zero-order valence-corrected chi connectivity index (χ0v) is 17.8. The van der Waals surface area contributed by atoms with Crippen molar-refractivity contribution in [3.8, 4) is 5.95 Å².